The Morgan fingerprint density at radius 1 is 1.15 bits per heavy atom. The highest BCUT2D eigenvalue weighted by Gasteiger charge is 2.22. The predicted molar refractivity (Wildman–Crippen MR) is 97.2 cm³/mol. The highest BCUT2D eigenvalue weighted by molar-refractivity contribution is 5.60. The molecule has 26 heavy (non-hydrogen) atoms. The van der Waals surface area contributed by atoms with Crippen LogP contribution in [0.2, 0.25) is 0 Å². The fourth-order valence-corrected chi connectivity index (χ4v) is 3.05. The maximum Gasteiger partial charge on any atom is 0.259 e. The molecule has 1 fully saturated rings. The molecule has 0 spiro atoms. The second-order valence-electron chi connectivity index (χ2n) is 6.58. The van der Waals surface area contributed by atoms with Gasteiger partial charge in [0.2, 0.25) is 5.82 Å². The van der Waals surface area contributed by atoms with Crippen LogP contribution in [0, 0.1) is 5.82 Å². The van der Waals surface area contributed by atoms with E-state index in [9.17, 15) is 4.39 Å². The molecular weight excluding hydrogens is 333 g/mol. The number of hydrogen-bond donors (Lipinski definition) is 0. The SMILES string of the molecule is CC1CN(c2ccc(-c3nc(-c4ccccc4F)no3)cn2)CCN1C. The third-order valence-electron chi connectivity index (χ3n) is 4.82. The molecule has 1 saturated heterocycles. The number of benzene rings is 1. The van der Waals surface area contributed by atoms with E-state index in [0.29, 0.717) is 23.1 Å². The van der Waals surface area contributed by atoms with E-state index in [1.165, 1.54) is 6.07 Å². The lowest BCUT2D eigenvalue weighted by Gasteiger charge is -2.38. The lowest BCUT2D eigenvalue weighted by Crippen LogP contribution is -2.50. The highest BCUT2D eigenvalue weighted by Crippen LogP contribution is 2.25. The molecule has 0 amide bonds. The topological polar surface area (TPSA) is 58.3 Å². The Morgan fingerprint density at radius 2 is 2.00 bits per heavy atom. The second kappa shape index (κ2) is 6.84. The van der Waals surface area contributed by atoms with Crippen LogP contribution in [-0.4, -0.2) is 52.7 Å². The van der Waals surface area contributed by atoms with Crippen molar-refractivity contribution >= 4 is 5.82 Å². The van der Waals surface area contributed by atoms with Crippen molar-refractivity contribution in [3.05, 3.63) is 48.4 Å². The van der Waals surface area contributed by atoms with Gasteiger partial charge in [0.25, 0.3) is 5.89 Å². The van der Waals surface area contributed by atoms with Crippen molar-refractivity contribution < 1.29 is 8.91 Å². The van der Waals surface area contributed by atoms with Crippen LogP contribution in [0.5, 0.6) is 0 Å². The van der Waals surface area contributed by atoms with Crippen molar-refractivity contribution in [2.75, 3.05) is 31.6 Å². The molecule has 0 saturated carbocycles. The van der Waals surface area contributed by atoms with Crippen molar-refractivity contribution in [2.24, 2.45) is 0 Å². The zero-order valence-corrected chi connectivity index (χ0v) is 14.8. The third-order valence-corrected chi connectivity index (χ3v) is 4.82. The van der Waals surface area contributed by atoms with Gasteiger partial charge in [0.05, 0.1) is 11.1 Å². The summed E-state index contributed by atoms with van der Waals surface area (Å²) in [5, 5.41) is 3.88. The summed E-state index contributed by atoms with van der Waals surface area (Å²) >= 11 is 0. The van der Waals surface area contributed by atoms with Gasteiger partial charge in [0, 0.05) is 31.9 Å². The van der Waals surface area contributed by atoms with Gasteiger partial charge in [-0.15, -0.1) is 0 Å². The number of halogens is 1. The molecule has 1 aliphatic rings. The van der Waals surface area contributed by atoms with Crippen LogP contribution < -0.4 is 4.90 Å². The van der Waals surface area contributed by atoms with Crippen molar-refractivity contribution in [3.8, 4) is 22.8 Å². The fourth-order valence-electron chi connectivity index (χ4n) is 3.05. The summed E-state index contributed by atoms with van der Waals surface area (Å²) < 4.78 is 19.2. The first kappa shape index (κ1) is 16.7. The van der Waals surface area contributed by atoms with Crippen molar-refractivity contribution in [1.29, 1.82) is 0 Å². The average Bonchev–Trinajstić information content (AvgIpc) is 3.14. The first-order valence-corrected chi connectivity index (χ1v) is 8.62. The van der Waals surface area contributed by atoms with E-state index in [-0.39, 0.29) is 11.6 Å². The molecule has 134 valence electrons. The van der Waals surface area contributed by atoms with Gasteiger partial charge in [0.15, 0.2) is 0 Å². The summed E-state index contributed by atoms with van der Waals surface area (Å²) in [6.45, 7) is 5.12. The van der Waals surface area contributed by atoms with Gasteiger partial charge in [-0.1, -0.05) is 17.3 Å². The van der Waals surface area contributed by atoms with Gasteiger partial charge in [-0.25, -0.2) is 9.37 Å². The van der Waals surface area contributed by atoms with Crippen LogP contribution in [0.25, 0.3) is 22.8 Å². The molecule has 1 atom stereocenters. The highest BCUT2D eigenvalue weighted by atomic mass is 19.1. The van der Waals surface area contributed by atoms with E-state index in [4.69, 9.17) is 4.52 Å². The number of anilines is 1. The number of aromatic nitrogens is 3. The van der Waals surface area contributed by atoms with Gasteiger partial charge < -0.3 is 14.3 Å². The summed E-state index contributed by atoms with van der Waals surface area (Å²) in [7, 11) is 2.14. The molecule has 0 bridgehead atoms. The number of hydrogen-bond acceptors (Lipinski definition) is 6. The van der Waals surface area contributed by atoms with Crippen LogP contribution in [-0.2, 0) is 0 Å². The Bertz CT molecular complexity index is 895. The Labute approximate surface area is 151 Å². The van der Waals surface area contributed by atoms with E-state index >= 15 is 0 Å². The van der Waals surface area contributed by atoms with E-state index in [1.54, 1.807) is 24.4 Å². The lowest BCUT2D eigenvalue weighted by atomic mass is 10.2. The molecule has 3 aromatic rings. The van der Waals surface area contributed by atoms with Crippen molar-refractivity contribution in [3.63, 3.8) is 0 Å². The van der Waals surface area contributed by atoms with Crippen molar-refractivity contribution in [1.82, 2.24) is 20.0 Å². The van der Waals surface area contributed by atoms with Crippen LogP contribution in [0.1, 0.15) is 6.92 Å². The van der Waals surface area contributed by atoms with Crippen LogP contribution >= 0.6 is 0 Å². The van der Waals surface area contributed by atoms with Crippen LogP contribution in [0.15, 0.2) is 47.1 Å². The minimum absolute atomic E-state index is 0.232. The Balaban J connectivity index is 1.54. The molecule has 6 nitrogen and oxygen atoms in total. The predicted octanol–water partition coefficient (Wildman–Crippen LogP) is 3.08. The quantitative estimate of drug-likeness (QED) is 0.721. The van der Waals surface area contributed by atoms with E-state index in [0.717, 1.165) is 25.5 Å². The summed E-state index contributed by atoms with van der Waals surface area (Å²) in [5.41, 5.74) is 1.03. The monoisotopic (exact) mass is 353 g/mol. The maximum atomic E-state index is 13.9. The molecule has 0 aliphatic carbocycles. The molecule has 4 rings (SSSR count). The molecule has 0 N–H and O–H groups in total. The molecule has 1 unspecified atom stereocenters. The molecule has 3 heterocycles. The largest absolute Gasteiger partial charge is 0.354 e. The Kier molecular flexibility index (Phi) is 4.38. The zero-order chi connectivity index (χ0) is 18.1. The standard InChI is InChI=1S/C19H20FN5O/c1-13-12-25(10-9-24(13)2)17-8-7-14(11-21-17)19-22-18(23-26-19)15-5-3-4-6-16(15)20/h3-8,11,13H,9-10,12H2,1-2H3. The molecule has 1 aromatic carbocycles. The summed E-state index contributed by atoms with van der Waals surface area (Å²) in [6.07, 6.45) is 1.72. The van der Waals surface area contributed by atoms with Gasteiger partial charge in [-0.2, -0.15) is 4.98 Å². The van der Waals surface area contributed by atoms with Crippen LogP contribution in [0.4, 0.5) is 10.2 Å². The smallest absolute Gasteiger partial charge is 0.259 e. The maximum absolute atomic E-state index is 13.9. The number of rotatable bonds is 3. The van der Waals surface area contributed by atoms with Crippen molar-refractivity contribution in [2.45, 2.75) is 13.0 Å². The lowest BCUT2D eigenvalue weighted by molar-refractivity contribution is 0.233. The minimum Gasteiger partial charge on any atom is -0.354 e. The third kappa shape index (κ3) is 3.17. The average molecular weight is 353 g/mol. The van der Waals surface area contributed by atoms with Gasteiger partial charge in [-0.05, 0) is 38.2 Å². The molecule has 7 heteroatoms. The van der Waals surface area contributed by atoms with Gasteiger partial charge >= 0.3 is 0 Å². The van der Waals surface area contributed by atoms with Gasteiger partial charge in [0.1, 0.15) is 11.6 Å². The van der Waals surface area contributed by atoms with E-state index < -0.39 is 0 Å². The Morgan fingerprint density at radius 3 is 2.73 bits per heavy atom. The van der Waals surface area contributed by atoms with E-state index in [2.05, 4.69) is 38.9 Å². The summed E-state index contributed by atoms with van der Waals surface area (Å²) in [6, 6.07) is 10.7. The second-order valence-corrected chi connectivity index (χ2v) is 6.58. The number of likely N-dealkylation sites (N-methyl/N-ethyl adjacent to an activating group) is 1. The first-order valence-electron chi connectivity index (χ1n) is 8.62. The number of piperazine rings is 1. The Hall–Kier alpha value is -2.80. The molecular formula is C19H20FN5O. The molecule has 1 aliphatic heterocycles. The summed E-state index contributed by atoms with van der Waals surface area (Å²) in [4.78, 5) is 13.5. The van der Waals surface area contributed by atoms with Crippen LogP contribution in [0.3, 0.4) is 0 Å². The molecule has 2 aromatic heterocycles. The van der Waals surface area contributed by atoms with E-state index in [1.807, 2.05) is 12.1 Å². The zero-order valence-electron chi connectivity index (χ0n) is 14.8. The number of pyridine rings is 1. The van der Waals surface area contributed by atoms with Gasteiger partial charge in [-0.3, -0.25) is 0 Å². The minimum atomic E-state index is -0.377. The number of nitrogens with zero attached hydrogens (tertiary/aromatic N) is 5. The molecule has 0 radical (unpaired) electrons. The summed E-state index contributed by atoms with van der Waals surface area (Å²) in [5.74, 6) is 1.11. The first-order chi connectivity index (χ1) is 12.6. The fraction of sp³-hybridized carbons (Fsp3) is 0.316. The normalized spacial score (nSPS) is 18.3.